The zero-order valence-corrected chi connectivity index (χ0v) is 11.3. The van der Waals surface area contributed by atoms with Crippen LogP contribution in [-0.2, 0) is 6.54 Å². The quantitative estimate of drug-likeness (QED) is 0.414. The van der Waals surface area contributed by atoms with Crippen molar-refractivity contribution in [3.05, 3.63) is 27.9 Å². The molecule has 0 unspecified atom stereocenters. The average Bonchev–Trinajstić information content (AvgIpc) is 2.69. The van der Waals surface area contributed by atoms with Crippen LogP contribution in [0.25, 0.3) is 0 Å². The van der Waals surface area contributed by atoms with Gasteiger partial charge in [-0.25, -0.2) is 19.9 Å². The smallest absolute Gasteiger partial charge is 0.343 e. The molecule has 2 heterocycles. The highest BCUT2D eigenvalue weighted by molar-refractivity contribution is 7.99. The third-order valence-electron chi connectivity index (χ3n) is 2.33. The monoisotopic (exact) mass is 279 g/mol. The third-order valence-corrected chi connectivity index (χ3v) is 3.19. The lowest BCUT2D eigenvalue weighted by molar-refractivity contribution is 0.659. The molecule has 0 atom stereocenters. The van der Waals surface area contributed by atoms with E-state index in [9.17, 15) is 4.79 Å². The molecule has 100 valence electrons. The van der Waals surface area contributed by atoms with E-state index in [0.29, 0.717) is 28.2 Å². The van der Waals surface area contributed by atoms with E-state index >= 15 is 0 Å². The number of aryl methyl sites for hydroxylation is 1. The minimum Gasteiger partial charge on any atom is -0.382 e. The number of nitrogen functional groups attached to an aromatic ring is 1. The summed E-state index contributed by atoms with van der Waals surface area (Å²) >= 11 is 1.15. The molecule has 0 amide bonds. The second kappa shape index (κ2) is 5.22. The molecule has 2 aromatic rings. The number of aromatic nitrogens is 5. The Hall–Kier alpha value is -2.16. The second-order valence-electron chi connectivity index (χ2n) is 3.75. The maximum absolute atomic E-state index is 11.4. The lowest BCUT2D eigenvalue weighted by atomic mass is 10.3. The Balaban J connectivity index is 2.38. The first-order valence-electron chi connectivity index (χ1n) is 5.54. The Labute approximate surface area is 113 Å². The van der Waals surface area contributed by atoms with Crippen molar-refractivity contribution in [2.75, 3.05) is 0 Å². The zero-order chi connectivity index (χ0) is 14.0. The van der Waals surface area contributed by atoms with E-state index in [4.69, 9.17) is 11.1 Å². The fraction of sp³-hybridized carbons (Fsp3) is 0.300. The van der Waals surface area contributed by atoms with Crippen LogP contribution >= 0.6 is 11.8 Å². The van der Waals surface area contributed by atoms with Crippen molar-refractivity contribution in [1.82, 2.24) is 24.7 Å². The summed E-state index contributed by atoms with van der Waals surface area (Å²) < 4.78 is 1.48. The van der Waals surface area contributed by atoms with Crippen LogP contribution < -0.4 is 11.4 Å². The highest BCUT2D eigenvalue weighted by Crippen LogP contribution is 2.21. The molecule has 0 spiro atoms. The topological polar surface area (TPSA) is 126 Å². The predicted octanol–water partition coefficient (Wildman–Crippen LogP) is 0.125. The minimum atomic E-state index is -0.274. The molecule has 0 saturated heterocycles. The Morgan fingerprint density at radius 1 is 1.58 bits per heavy atom. The van der Waals surface area contributed by atoms with Gasteiger partial charge in [-0.1, -0.05) is 0 Å². The minimum absolute atomic E-state index is 0.123. The van der Waals surface area contributed by atoms with E-state index in [-0.39, 0.29) is 11.5 Å². The molecule has 19 heavy (non-hydrogen) atoms. The fourth-order valence-electron chi connectivity index (χ4n) is 1.47. The molecule has 2 rings (SSSR count). The number of hydrogen-bond donors (Lipinski definition) is 3. The molecule has 0 bridgehead atoms. The summed E-state index contributed by atoms with van der Waals surface area (Å²) in [4.78, 5) is 19.8. The molecule has 0 aliphatic carbocycles. The number of amidine groups is 1. The highest BCUT2D eigenvalue weighted by atomic mass is 32.2. The van der Waals surface area contributed by atoms with Crippen LogP contribution in [0.15, 0.2) is 21.2 Å². The van der Waals surface area contributed by atoms with E-state index in [2.05, 4.69) is 20.2 Å². The van der Waals surface area contributed by atoms with Crippen molar-refractivity contribution < 1.29 is 0 Å². The SMILES string of the molecule is CCn1c(Sc2nc(C)cc(C(=N)N)n2)n[nH]c1=O. The summed E-state index contributed by atoms with van der Waals surface area (Å²) in [5, 5.41) is 14.6. The van der Waals surface area contributed by atoms with Gasteiger partial charge in [0.25, 0.3) is 0 Å². The normalized spacial score (nSPS) is 10.6. The van der Waals surface area contributed by atoms with Crippen molar-refractivity contribution in [2.24, 2.45) is 5.73 Å². The van der Waals surface area contributed by atoms with E-state index in [1.54, 1.807) is 13.0 Å². The number of rotatable bonds is 4. The Morgan fingerprint density at radius 3 is 2.95 bits per heavy atom. The van der Waals surface area contributed by atoms with Crippen LogP contribution in [0.4, 0.5) is 0 Å². The predicted molar refractivity (Wildman–Crippen MR) is 70.4 cm³/mol. The number of hydrogen-bond acceptors (Lipinski definition) is 6. The molecule has 8 nitrogen and oxygen atoms in total. The molecule has 0 fully saturated rings. The van der Waals surface area contributed by atoms with Gasteiger partial charge in [-0.05, 0) is 31.7 Å². The average molecular weight is 279 g/mol. The van der Waals surface area contributed by atoms with Crippen LogP contribution in [0.2, 0.25) is 0 Å². The lowest BCUT2D eigenvalue weighted by Crippen LogP contribution is -2.16. The summed E-state index contributed by atoms with van der Waals surface area (Å²) in [5.41, 5.74) is 6.19. The van der Waals surface area contributed by atoms with Crippen LogP contribution in [0.1, 0.15) is 18.3 Å². The fourth-order valence-corrected chi connectivity index (χ4v) is 2.38. The van der Waals surface area contributed by atoms with Crippen molar-refractivity contribution in [3.63, 3.8) is 0 Å². The van der Waals surface area contributed by atoms with Gasteiger partial charge < -0.3 is 5.73 Å². The van der Waals surface area contributed by atoms with Gasteiger partial charge in [-0.3, -0.25) is 9.98 Å². The maximum atomic E-state index is 11.4. The maximum Gasteiger partial charge on any atom is 0.343 e. The van der Waals surface area contributed by atoms with Crippen molar-refractivity contribution in [2.45, 2.75) is 30.7 Å². The molecular formula is C10H13N7OS. The van der Waals surface area contributed by atoms with E-state index in [1.165, 1.54) is 4.57 Å². The van der Waals surface area contributed by atoms with Crippen molar-refractivity contribution in [3.8, 4) is 0 Å². The first kappa shape index (κ1) is 13.3. The summed E-state index contributed by atoms with van der Waals surface area (Å²) in [6, 6.07) is 1.63. The molecule has 0 aliphatic rings. The van der Waals surface area contributed by atoms with Crippen molar-refractivity contribution in [1.29, 1.82) is 5.41 Å². The van der Waals surface area contributed by atoms with Gasteiger partial charge in [-0.15, -0.1) is 5.10 Å². The van der Waals surface area contributed by atoms with E-state index in [1.807, 2.05) is 6.92 Å². The Kier molecular flexibility index (Phi) is 3.65. The number of aromatic amines is 1. The number of nitrogens with two attached hydrogens (primary N) is 1. The van der Waals surface area contributed by atoms with Crippen LogP contribution in [0.3, 0.4) is 0 Å². The van der Waals surface area contributed by atoms with Gasteiger partial charge >= 0.3 is 5.69 Å². The van der Waals surface area contributed by atoms with Gasteiger partial charge in [0, 0.05) is 12.2 Å². The molecule has 9 heteroatoms. The van der Waals surface area contributed by atoms with Gasteiger partial charge in [0.1, 0.15) is 11.5 Å². The summed E-state index contributed by atoms with van der Waals surface area (Å²) in [6.07, 6.45) is 0. The summed E-state index contributed by atoms with van der Waals surface area (Å²) in [6.45, 7) is 4.14. The molecule has 2 aromatic heterocycles. The third kappa shape index (κ3) is 2.81. The van der Waals surface area contributed by atoms with Gasteiger partial charge in [0.2, 0.25) is 0 Å². The van der Waals surface area contributed by atoms with Crippen molar-refractivity contribution >= 4 is 17.6 Å². The first-order valence-corrected chi connectivity index (χ1v) is 6.36. The van der Waals surface area contributed by atoms with Crippen LogP contribution in [-0.4, -0.2) is 30.6 Å². The van der Waals surface area contributed by atoms with Gasteiger partial charge in [-0.2, -0.15) is 0 Å². The molecule has 0 aliphatic heterocycles. The summed E-state index contributed by atoms with van der Waals surface area (Å²) in [7, 11) is 0. The van der Waals surface area contributed by atoms with Gasteiger partial charge in [0.15, 0.2) is 10.3 Å². The lowest BCUT2D eigenvalue weighted by Gasteiger charge is -2.04. The van der Waals surface area contributed by atoms with E-state index in [0.717, 1.165) is 11.8 Å². The molecule has 0 radical (unpaired) electrons. The standard InChI is InChI=1S/C10H13N7OS/c1-3-17-9(18)15-16-10(17)19-8-13-5(2)4-6(14-8)7(11)12/h4H,3H2,1-2H3,(H3,11,12)(H,15,18). The number of H-pyrrole nitrogens is 1. The molecular weight excluding hydrogens is 266 g/mol. The molecule has 4 N–H and O–H groups in total. The highest BCUT2D eigenvalue weighted by Gasteiger charge is 2.12. The van der Waals surface area contributed by atoms with Gasteiger partial charge in [0.05, 0.1) is 0 Å². The molecule has 0 aromatic carbocycles. The molecule has 0 saturated carbocycles. The Bertz CT molecular complexity index is 675. The Morgan fingerprint density at radius 2 is 2.32 bits per heavy atom. The van der Waals surface area contributed by atoms with Crippen LogP contribution in [0.5, 0.6) is 0 Å². The number of nitrogens with zero attached hydrogens (tertiary/aromatic N) is 4. The largest absolute Gasteiger partial charge is 0.382 e. The summed E-state index contributed by atoms with van der Waals surface area (Å²) in [5.74, 6) is -0.123. The number of nitrogens with one attached hydrogen (secondary N) is 2. The van der Waals surface area contributed by atoms with Crippen LogP contribution in [0, 0.1) is 12.3 Å². The zero-order valence-electron chi connectivity index (χ0n) is 10.5. The first-order chi connectivity index (χ1) is 9.01. The van der Waals surface area contributed by atoms with E-state index < -0.39 is 0 Å². The second-order valence-corrected chi connectivity index (χ2v) is 4.68.